The predicted octanol–water partition coefficient (Wildman–Crippen LogP) is 2.36. The molecule has 1 heterocycles. The summed E-state index contributed by atoms with van der Waals surface area (Å²) in [5.41, 5.74) is 0.987. The Morgan fingerprint density at radius 1 is 1.50 bits per heavy atom. The molecule has 0 aliphatic heterocycles. The number of carbonyl (C=O) groups is 1. The van der Waals surface area contributed by atoms with E-state index in [1.54, 1.807) is 11.3 Å². The fourth-order valence-corrected chi connectivity index (χ4v) is 3.35. The SMILES string of the molecule is Cc1csc(C(C)NC(=O)NC2CCC(CO)CC2)n1. The number of carbonyl (C=O) groups excluding carboxylic acids is 1. The van der Waals surface area contributed by atoms with Crippen LogP contribution in [0.1, 0.15) is 49.4 Å². The number of aliphatic hydroxyl groups is 1. The van der Waals surface area contributed by atoms with Crippen molar-refractivity contribution < 1.29 is 9.90 Å². The molecule has 0 radical (unpaired) electrons. The molecule has 0 saturated heterocycles. The molecular weight excluding hydrogens is 274 g/mol. The van der Waals surface area contributed by atoms with Crippen molar-refractivity contribution in [1.82, 2.24) is 15.6 Å². The number of hydrogen-bond acceptors (Lipinski definition) is 4. The van der Waals surface area contributed by atoms with Crippen molar-refractivity contribution in [2.75, 3.05) is 6.61 Å². The van der Waals surface area contributed by atoms with E-state index in [4.69, 9.17) is 5.11 Å². The van der Waals surface area contributed by atoms with Crippen molar-refractivity contribution in [2.45, 2.75) is 51.6 Å². The normalized spacial score (nSPS) is 24.1. The van der Waals surface area contributed by atoms with Crippen molar-refractivity contribution in [1.29, 1.82) is 0 Å². The second-order valence-corrected chi connectivity index (χ2v) is 6.46. The summed E-state index contributed by atoms with van der Waals surface area (Å²) in [6.07, 6.45) is 3.87. The first-order valence-corrected chi connectivity index (χ1v) is 8.06. The smallest absolute Gasteiger partial charge is 0.315 e. The highest BCUT2D eigenvalue weighted by Gasteiger charge is 2.22. The van der Waals surface area contributed by atoms with Gasteiger partial charge in [-0.05, 0) is 45.4 Å². The molecule has 20 heavy (non-hydrogen) atoms. The van der Waals surface area contributed by atoms with E-state index in [1.807, 2.05) is 19.2 Å². The molecule has 2 rings (SSSR count). The Balaban J connectivity index is 1.75. The van der Waals surface area contributed by atoms with Gasteiger partial charge in [0.1, 0.15) is 5.01 Å². The Labute approximate surface area is 123 Å². The molecule has 1 fully saturated rings. The third-order valence-corrected chi connectivity index (χ3v) is 4.94. The summed E-state index contributed by atoms with van der Waals surface area (Å²) in [6.45, 7) is 4.16. The summed E-state index contributed by atoms with van der Waals surface area (Å²) >= 11 is 1.57. The van der Waals surface area contributed by atoms with Gasteiger partial charge in [0.2, 0.25) is 0 Å². The maximum Gasteiger partial charge on any atom is 0.315 e. The number of thiazole rings is 1. The first-order chi connectivity index (χ1) is 9.58. The molecular formula is C14H23N3O2S. The predicted molar refractivity (Wildman–Crippen MR) is 79.8 cm³/mol. The lowest BCUT2D eigenvalue weighted by Gasteiger charge is -2.28. The fourth-order valence-electron chi connectivity index (χ4n) is 2.55. The number of nitrogens with zero attached hydrogens (tertiary/aromatic N) is 1. The van der Waals surface area contributed by atoms with Gasteiger partial charge in [-0.3, -0.25) is 0 Å². The van der Waals surface area contributed by atoms with Crippen molar-refractivity contribution in [3.63, 3.8) is 0 Å². The van der Waals surface area contributed by atoms with E-state index in [0.29, 0.717) is 5.92 Å². The quantitative estimate of drug-likeness (QED) is 0.798. The minimum absolute atomic E-state index is 0.0671. The van der Waals surface area contributed by atoms with Crippen LogP contribution in [-0.4, -0.2) is 28.8 Å². The van der Waals surface area contributed by atoms with Gasteiger partial charge in [0, 0.05) is 23.7 Å². The number of aromatic nitrogens is 1. The molecule has 0 aromatic carbocycles. The van der Waals surface area contributed by atoms with Crippen molar-refractivity contribution >= 4 is 17.4 Å². The highest BCUT2D eigenvalue weighted by Crippen LogP contribution is 2.23. The highest BCUT2D eigenvalue weighted by atomic mass is 32.1. The molecule has 112 valence electrons. The van der Waals surface area contributed by atoms with E-state index in [0.717, 1.165) is 36.4 Å². The van der Waals surface area contributed by atoms with Crippen molar-refractivity contribution in [3.8, 4) is 0 Å². The Morgan fingerprint density at radius 3 is 2.75 bits per heavy atom. The zero-order chi connectivity index (χ0) is 14.5. The zero-order valence-corrected chi connectivity index (χ0v) is 12.9. The minimum Gasteiger partial charge on any atom is -0.396 e. The van der Waals surface area contributed by atoms with Gasteiger partial charge < -0.3 is 15.7 Å². The Morgan fingerprint density at radius 2 is 2.20 bits per heavy atom. The topological polar surface area (TPSA) is 74.2 Å². The standard InChI is InChI=1S/C14H23N3O2S/c1-9-8-20-13(15-9)10(2)16-14(19)17-12-5-3-11(7-18)4-6-12/h8,10-12,18H,3-7H2,1-2H3,(H2,16,17,19). The van der Waals surface area contributed by atoms with Crippen LogP contribution in [0.2, 0.25) is 0 Å². The van der Waals surface area contributed by atoms with E-state index in [-0.39, 0.29) is 24.7 Å². The lowest BCUT2D eigenvalue weighted by molar-refractivity contribution is 0.174. The molecule has 3 N–H and O–H groups in total. The second kappa shape index (κ2) is 7.04. The summed E-state index contributed by atoms with van der Waals surface area (Å²) in [7, 11) is 0. The number of amides is 2. The summed E-state index contributed by atoms with van der Waals surface area (Å²) in [4.78, 5) is 16.3. The summed E-state index contributed by atoms with van der Waals surface area (Å²) in [5.74, 6) is 0.410. The molecule has 1 unspecified atom stereocenters. The second-order valence-electron chi connectivity index (χ2n) is 5.57. The van der Waals surface area contributed by atoms with Crippen LogP contribution in [0, 0.1) is 12.8 Å². The third kappa shape index (κ3) is 4.18. The summed E-state index contributed by atoms with van der Waals surface area (Å²) < 4.78 is 0. The molecule has 5 nitrogen and oxygen atoms in total. The number of hydrogen-bond donors (Lipinski definition) is 3. The maximum atomic E-state index is 12.0. The first-order valence-electron chi connectivity index (χ1n) is 7.18. The number of rotatable bonds is 4. The summed E-state index contributed by atoms with van der Waals surface area (Å²) in [5, 5.41) is 18.0. The zero-order valence-electron chi connectivity index (χ0n) is 12.1. The van der Waals surface area contributed by atoms with Crippen LogP contribution in [0.5, 0.6) is 0 Å². The Hall–Kier alpha value is -1.14. The molecule has 0 bridgehead atoms. The van der Waals surface area contributed by atoms with E-state index in [1.165, 1.54) is 0 Å². The van der Waals surface area contributed by atoms with Gasteiger partial charge >= 0.3 is 6.03 Å². The Kier molecular flexibility index (Phi) is 5.37. The van der Waals surface area contributed by atoms with Gasteiger partial charge in [-0.2, -0.15) is 0 Å². The largest absolute Gasteiger partial charge is 0.396 e. The molecule has 1 aromatic heterocycles. The average Bonchev–Trinajstić information content (AvgIpc) is 2.86. The van der Waals surface area contributed by atoms with Crippen LogP contribution >= 0.6 is 11.3 Å². The van der Waals surface area contributed by atoms with Crippen molar-refractivity contribution in [2.24, 2.45) is 5.92 Å². The molecule has 6 heteroatoms. The average molecular weight is 297 g/mol. The Bertz CT molecular complexity index is 441. The van der Waals surface area contributed by atoms with Crippen LogP contribution in [0.3, 0.4) is 0 Å². The van der Waals surface area contributed by atoms with E-state index in [9.17, 15) is 4.79 Å². The van der Waals surface area contributed by atoms with Crippen LogP contribution < -0.4 is 10.6 Å². The number of urea groups is 1. The van der Waals surface area contributed by atoms with Gasteiger partial charge in [0.15, 0.2) is 0 Å². The summed E-state index contributed by atoms with van der Waals surface area (Å²) in [6, 6.07) is 0.0308. The number of aliphatic hydroxyl groups excluding tert-OH is 1. The van der Waals surface area contributed by atoms with Gasteiger partial charge in [-0.1, -0.05) is 0 Å². The van der Waals surface area contributed by atoms with Gasteiger partial charge in [0.05, 0.1) is 6.04 Å². The molecule has 2 amide bonds. The minimum atomic E-state index is -0.127. The number of nitrogens with one attached hydrogen (secondary N) is 2. The molecule has 1 aromatic rings. The molecule has 1 aliphatic rings. The highest BCUT2D eigenvalue weighted by molar-refractivity contribution is 7.09. The van der Waals surface area contributed by atoms with Gasteiger partial charge in [-0.15, -0.1) is 11.3 Å². The first kappa shape index (κ1) is 15.3. The molecule has 1 atom stereocenters. The van der Waals surface area contributed by atoms with Crippen LogP contribution in [0.25, 0.3) is 0 Å². The molecule has 0 spiro atoms. The molecule has 1 saturated carbocycles. The van der Waals surface area contributed by atoms with Crippen LogP contribution in [0.15, 0.2) is 5.38 Å². The van der Waals surface area contributed by atoms with E-state index in [2.05, 4.69) is 15.6 Å². The van der Waals surface area contributed by atoms with E-state index >= 15 is 0 Å². The van der Waals surface area contributed by atoms with Gasteiger partial charge in [-0.25, -0.2) is 9.78 Å². The van der Waals surface area contributed by atoms with E-state index < -0.39 is 0 Å². The monoisotopic (exact) mass is 297 g/mol. The van der Waals surface area contributed by atoms with Crippen molar-refractivity contribution in [3.05, 3.63) is 16.1 Å². The number of aryl methyl sites for hydroxylation is 1. The fraction of sp³-hybridized carbons (Fsp3) is 0.714. The maximum absolute atomic E-state index is 12.0. The molecule has 1 aliphatic carbocycles. The van der Waals surface area contributed by atoms with Crippen LogP contribution in [-0.2, 0) is 0 Å². The lowest BCUT2D eigenvalue weighted by atomic mass is 9.87. The lowest BCUT2D eigenvalue weighted by Crippen LogP contribution is -2.44. The van der Waals surface area contributed by atoms with Crippen LogP contribution in [0.4, 0.5) is 4.79 Å². The van der Waals surface area contributed by atoms with Gasteiger partial charge in [0.25, 0.3) is 0 Å². The third-order valence-electron chi connectivity index (χ3n) is 3.79.